The summed E-state index contributed by atoms with van der Waals surface area (Å²) in [6, 6.07) is 18.9. The summed E-state index contributed by atoms with van der Waals surface area (Å²) in [6.45, 7) is 3.67. The summed E-state index contributed by atoms with van der Waals surface area (Å²) in [7, 11) is 1.62. The summed E-state index contributed by atoms with van der Waals surface area (Å²) in [5.41, 5.74) is 3.30. The molecule has 2 aromatic carbocycles. The first-order valence-corrected chi connectivity index (χ1v) is 10.8. The van der Waals surface area contributed by atoms with Gasteiger partial charge in [0.05, 0.1) is 13.7 Å². The number of methoxy groups -OCH3 is 1. The molecule has 8 heteroatoms. The van der Waals surface area contributed by atoms with E-state index in [9.17, 15) is 4.79 Å². The molecular weight excluding hydrogens is 416 g/mol. The van der Waals surface area contributed by atoms with Gasteiger partial charge in [-0.3, -0.25) is 9.78 Å². The Kier molecular flexibility index (Phi) is 6.94. The second-order valence-electron chi connectivity index (χ2n) is 7.35. The fourth-order valence-corrected chi connectivity index (χ4v) is 3.59. The van der Waals surface area contributed by atoms with E-state index in [1.54, 1.807) is 25.6 Å². The standard InChI is InChI=1S/C25H26N6O2/c1-3-31-23(29-30-24(31)18-11-13-26-14-12-18)17-27-21-9-6-8-19(15-21)25(32)28-16-20-7-4-5-10-22(20)33-2/h4-15,27H,3,16-17H2,1-2H3,(H,28,32). The van der Waals surface area contributed by atoms with E-state index < -0.39 is 0 Å². The number of nitrogens with zero attached hydrogens (tertiary/aromatic N) is 4. The fraction of sp³-hybridized carbons (Fsp3) is 0.200. The maximum absolute atomic E-state index is 12.7. The lowest BCUT2D eigenvalue weighted by Gasteiger charge is -2.11. The van der Waals surface area contributed by atoms with Crippen molar-refractivity contribution in [2.24, 2.45) is 0 Å². The fourth-order valence-electron chi connectivity index (χ4n) is 3.59. The minimum atomic E-state index is -0.152. The number of carbonyl (C=O) groups excluding carboxylic acids is 1. The van der Waals surface area contributed by atoms with Crippen LogP contribution >= 0.6 is 0 Å². The molecule has 0 radical (unpaired) electrons. The van der Waals surface area contributed by atoms with Gasteiger partial charge in [-0.05, 0) is 43.3 Å². The first-order chi connectivity index (χ1) is 16.2. The second-order valence-corrected chi connectivity index (χ2v) is 7.35. The molecule has 1 amide bonds. The molecule has 8 nitrogen and oxygen atoms in total. The van der Waals surface area contributed by atoms with E-state index >= 15 is 0 Å². The van der Waals surface area contributed by atoms with E-state index in [0.717, 1.165) is 40.8 Å². The van der Waals surface area contributed by atoms with Crippen LogP contribution in [0.1, 0.15) is 28.7 Å². The number of benzene rings is 2. The van der Waals surface area contributed by atoms with E-state index in [0.29, 0.717) is 18.7 Å². The average Bonchev–Trinajstić information content (AvgIpc) is 3.29. The normalized spacial score (nSPS) is 10.6. The van der Waals surface area contributed by atoms with Crippen molar-refractivity contribution < 1.29 is 9.53 Å². The lowest BCUT2D eigenvalue weighted by molar-refractivity contribution is 0.0950. The molecule has 168 valence electrons. The zero-order chi connectivity index (χ0) is 23.0. The summed E-state index contributed by atoms with van der Waals surface area (Å²) in [5, 5.41) is 15.0. The highest BCUT2D eigenvalue weighted by Crippen LogP contribution is 2.19. The van der Waals surface area contributed by atoms with Crippen LogP contribution in [0.4, 0.5) is 5.69 Å². The predicted octanol–water partition coefficient (Wildman–Crippen LogP) is 3.91. The Bertz CT molecular complexity index is 1220. The van der Waals surface area contributed by atoms with Crippen LogP contribution in [0.3, 0.4) is 0 Å². The van der Waals surface area contributed by atoms with Crippen LogP contribution in [-0.4, -0.2) is 32.8 Å². The van der Waals surface area contributed by atoms with E-state index in [-0.39, 0.29) is 5.91 Å². The van der Waals surface area contributed by atoms with Crippen LogP contribution in [-0.2, 0) is 19.6 Å². The molecule has 0 spiro atoms. The molecule has 0 saturated carbocycles. The molecule has 0 bridgehead atoms. The summed E-state index contributed by atoms with van der Waals surface area (Å²) >= 11 is 0. The summed E-state index contributed by atoms with van der Waals surface area (Å²) in [4.78, 5) is 16.8. The molecule has 2 heterocycles. The van der Waals surface area contributed by atoms with Crippen LogP contribution in [0.5, 0.6) is 5.75 Å². The van der Waals surface area contributed by atoms with Gasteiger partial charge in [0.25, 0.3) is 5.91 Å². The lowest BCUT2D eigenvalue weighted by Crippen LogP contribution is -2.23. The van der Waals surface area contributed by atoms with Crippen molar-refractivity contribution in [3.8, 4) is 17.1 Å². The van der Waals surface area contributed by atoms with Crippen molar-refractivity contribution in [3.63, 3.8) is 0 Å². The van der Waals surface area contributed by atoms with Crippen molar-refractivity contribution in [2.75, 3.05) is 12.4 Å². The van der Waals surface area contributed by atoms with Gasteiger partial charge in [-0.15, -0.1) is 10.2 Å². The molecule has 0 fully saturated rings. The Morgan fingerprint density at radius 1 is 1.00 bits per heavy atom. The Morgan fingerprint density at radius 3 is 2.61 bits per heavy atom. The highest BCUT2D eigenvalue weighted by atomic mass is 16.5. The minimum absolute atomic E-state index is 0.152. The van der Waals surface area contributed by atoms with Crippen molar-refractivity contribution in [3.05, 3.63) is 90.0 Å². The van der Waals surface area contributed by atoms with Gasteiger partial charge in [-0.25, -0.2) is 0 Å². The molecular formula is C25H26N6O2. The highest BCUT2D eigenvalue weighted by Gasteiger charge is 2.13. The molecule has 0 aliphatic heterocycles. The summed E-state index contributed by atoms with van der Waals surface area (Å²) < 4.78 is 7.41. The maximum Gasteiger partial charge on any atom is 0.251 e. The Hall–Kier alpha value is -4.20. The number of carbonyl (C=O) groups is 1. The number of pyridine rings is 1. The number of para-hydroxylation sites is 1. The van der Waals surface area contributed by atoms with Crippen molar-refractivity contribution in [1.82, 2.24) is 25.1 Å². The number of amides is 1. The molecule has 4 aromatic rings. The quantitative estimate of drug-likeness (QED) is 0.408. The molecule has 0 saturated heterocycles. The van der Waals surface area contributed by atoms with Crippen LogP contribution in [0.15, 0.2) is 73.1 Å². The van der Waals surface area contributed by atoms with Crippen LogP contribution < -0.4 is 15.4 Å². The third-order valence-electron chi connectivity index (χ3n) is 5.29. The number of anilines is 1. The topological polar surface area (TPSA) is 94.0 Å². The maximum atomic E-state index is 12.7. The van der Waals surface area contributed by atoms with Crippen molar-refractivity contribution >= 4 is 11.6 Å². The largest absolute Gasteiger partial charge is 0.496 e. The van der Waals surface area contributed by atoms with Crippen molar-refractivity contribution in [2.45, 2.75) is 26.6 Å². The van der Waals surface area contributed by atoms with Crippen LogP contribution in [0, 0.1) is 0 Å². The van der Waals surface area contributed by atoms with Gasteiger partial charge in [-0.2, -0.15) is 0 Å². The molecule has 2 N–H and O–H groups in total. The first-order valence-electron chi connectivity index (χ1n) is 10.8. The predicted molar refractivity (Wildman–Crippen MR) is 127 cm³/mol. The third-order valence-corrected chi connectivity index (χ3v) is 5.29. The second kappa shape index (κ2) is 10.4. The Balaban J connectivity index is 1.41. The van der Waals surface area contributed by atoms with Gasteiger partial charge < -0.3 is 19.9 Å². The summed E-state index contributed by atoms with van der Waals surface area (Å²) in [5.74, 6) is 2.22. The summed E-state index contributed by atoms with van der Waals surface area (Å²) in [6.07, 6.45) is 3.48. The minimum Gasteiger partial charge on any atom is -0.496 e. The van der Waals surface area contributed by atoms with Gasteiger partial charge in [0.15, 0.2) is 11.6 Å². The lowest BCUT2D eigenvalue weighted by atomic mass is 10.1. The van der Waals surface area contributed by atoms with Gasteiger partial charge in [0.2, 0.25) is 0 Å². The molecule has 0 aliphatic rings. The number of rotatable bonds is 9. The van der Waals surface area contributed by atoms with Gasteiger partial charge in [0, 0.05) is 47.9 Å². The molecule has 0 atom stereocenters. The highest BCUT2D eigenvalue weighted by molar-refractivity contribution is 5.95. The van der Waals surface area contributed by atoms with Crippen LogP contribution in [0.2, 0.25) is 0 Å². The number of nitrogens with one attached hydrogen (secondary N) is 2. The van der Waals surface area contributed by atoms with Crippen LogP contribution in [0.25, 0.3) is 11.4 Å². The Labute approximate surface area is 192 Å². The molecule has 4 rings (SSSR count). The average molecular weight is 443 g/mol. The van der Waals surface area contributed by atoms with Gasteiger partial charge in [0.1, 0.15) is 5.75 Å². The molecule has 2 aromatic heterocycles. The number of hydrogen-bond acceptors (Lipinski definition) is 6. The van der Waals surface area contributed by atoms with E-state index in [1.165, 1.54) is 0 Å². The number of aromatic nitrogens is 4. The van der Waals surface area contributed by atoms with E-state index in [1.807, 2.05) is 54.6 Å². The van der Waals surface area contributed by atoms with Gasteiger partial charge in [-0.1, -0.05) is 24.3 Å². The number of ether oxygens (including phenoxy) is 1. The molecule has 0 aliphatic carbocycles. The third kappa shape index (κ3) is 5.17. The number of hydrogen-bond donors (Lipinski definition) is 2. The zero-order valence-electron chi connectivity index (χ0n) is 18.7. The monoisotopic (exact) mass is 442 g/mol. The molecule has 0 unspecified atom stereocenters. The first kappa shape index (κ1) is 22.0. The smallest absolute Gasteiger partial charge is 0.251 e. The Morgan fingerprint density at radius 2 is 1.82 bits per heavy atom. The zero-order valence-corrected chi connectivity index (χ0v) is 18.7. The SMILES string of the molecule is CCn1c(CNc2cccc(C(=O)NCc3ccccc3OC)c2)nnc1-c1ccncc1. The van der Waals surface area contributed by atoms with E-state index in [4.69, 9.17) is 4.74 Å². The van der Waals surface area contributed by atoms with Gasteiger partial charge >= 0.3 is 0 Å². The van der Waals surface area contributed by atoms with Crippen molar-refractivity contribution in [1.29, 1.82) is 0 Å². The van der Waals surface area contributed by atoms with E-state index in [2.05, 4.69) is 37.3 Å². The molecule has 33 heavy (non-hydrogen) atoms.